The Morgan fingerprint density at radius 2 is 0.483 bits per heavy atom. The van der Waals surface area contributed by atoms with Gasteiger partial charge in [-0.3, -0.25) is 0 Å². The molecule has 336 valence electrons. The van der Waals surface area contributed by atoms with Gasteiger partial charge in [-0.2, -0.15) is 0 Å². The molecule has 1 rings (SSSR count). The molecule has 58 heavy (non-hydrogen) atoms. The Hall–Kier alpha value is 0.130. The summed E-state index contributed by atoms with van der Waals surface area (Å²) in [6.07, 6.45) is 65.8. The molecule has 0 unspecified atom stereocenters. The monoisotopic (exact) mass is 839 g/mol. The Morgan fingerprint density at radius 3 is 0.655 bits per heavy atom. The molecule has 0 aliphatic carbocycles. The van der Waals surface area contributed by atoms with Crippen LogP contribution in [-0.2, 0) is 16.5 Å². The molecule has 5 heteroatoms. The van der Waals surface area contributed by atoms with Gasteiger partial charge in [-0.1, -0.05) is 302 Å². The molecular formula is C53H99NaO3S. The SMILES string of the molecule is CCCCCCCCCCCCCCCCCCCCCCCCCCCCCCCCCCCCCCCCCCCCCCCc1ccc(S(=O)(=O)[O-])cc1.[Na+]. The molecule has 0 N–H and O–H groups in total. The molecular weight excluding hydrogens is 740 g/mol. The van der Waals surface area contributed by atoms with Crippen molar-refractivity contribution in [3.63, 3.8) is 0 Å². The Kier molecular flexibility index (Phi) is 46.7. The molecule has 0 spiro atoms. The van der Waals surface area contributed by atoms with Crippen LogP contribution in [0.5, 0.6) is 0 Å². The van der Waals surface area contributed by atoms with Crippen LogP contribution in [0.3, 0.4) is 0 Å². The number of hydrogen-bond donors (Lipinski definition) is 0. The summed E-state index contributed by atoms with van der Waals surface area (Å²) in [5.74, 6) is 0. The molecule has 0 bridgehead atoms. The third kappa shape index (κ3) is 42.8. The summed E-state index contributed by atoms with van der Waals surface area (Å²) in [7, 11) is -4.33. The molecule has 0 saturated carbocycles. The van der Waals surface area contributed by atoms with Gasteiger partial charge < -0.3 is 4.55 Å². The van der Waals surface area contributed by atoms with E-state index in [0.717, 1.165) is 18.4 Å². The predicted octanol–water partition coefficient (Wildman–Crippen LogP) is 15.7. The van der Waals surface area contributed by atoms with Crippen molar-refractivity contribution in [2.75, 3.05) is 0 Å². The van der Waals surface area contributed by atoms with Gasteiger partial charge in [0.2, 0.25) is 0 Å². The molecule has 0 radical (unpaired) electrons. The van der Waals surface area contributed by atoms with Crippen LogP contribution in [-0.4, -0.2) is 13.0 Å². The van der Waals surface area contributed by atoms with Gasteiger partial charge in [0.1, 0.15) is 10.1 Å². The van der Waals surface area contributed by atoms with Gasteiger partial charge >= 0.3 is 29.6 Å². The summed E-state index contributed by atoms with van der Waals surface area (Å²) in [5, 5.41) is 0. The first-order valence-corrected chi connectivity index (χ1v) is 27.5. The average molecular weight is 839 g/mol. The number of aryl methyl sites for hydroxylation is 1. The van der Waals surface area contributed by atoms with Crippen LogP contribution in [0, 0.1) is 0 Å². The minimum atomic E-state index is -4.33. The maximum absolute atomic E-state index is 11.0. The summed E-state index contributed by atoms with van der Waals surface area (Å²) in [6, 6.07) is 6.42. The van der Waals surface area contributed by atoms with Crippen molar-refractivity contribution in [3.05, 3.63) is 29.8 Å². The first-order valence-electron chi connectivity index (χ1n) is 26.1. The van der Waals surface area contributed by atoms with Crippen LogP contribution in [0.2, 0.25) is 0 Å². The fourth-order valence-electron chi connectivity index (χ4n) is 8.83. The summed E-state index contributed by atoms with van der Waals surface area (Å²) < 4.78 is 33.1. The normalized spacial score (nSPS) is 11.7. The number of benzene rings is 1. The zero-order chi connectivity index (χ0) is 41.0. The zero-order valence-electron chi connectivity index (χ0n) is 39.5. The summed E-state index contributed by atoms with van der Waals surface area (Å²) in [6.45, 7) is 2.31. The van der Waals surface area contributed by atoms with Crippen LogP contribution in [0.15, 0.2) is 29.2 Å². The second-order valence-electron chi connectivity index (χ2n) is 18.4. The number of hydrogen-bond acceptors (Lipinski definition) is 3. The minimum Gasteiger partial charge on any atom is -0.744 e. The van der Waals surface area contributed by atoms with Crippen molar-refractivity contribution in [2.45, 2.75) is 307 Å². The second-order valence-corrected chi connectivity index (χ2v) is 19.8. The summed E-state index contributed by atoms with van der Waals surface area (Å²) in [5.41, 5.74) is 1.12. The molecule has 0 amide bonds. The van der Waals surface area contributed by atoms with Gasteiger partial charge in [0.05, 0.1) is 4.90 Å². The van der Waals surface area contributed by atoms with Gasteiger partial charge in [-0.15, -0.1) is 0 Å². The molecule has 0 aromatic heterocycles. The van der Waals surface area contributed by atoms with E-state index in [9.17, 15) is 13.0 Å². The molecule has 0 fully saturated rings. The van der Waals surface area contributed by atoms with E-state index in [1.165, 1.54) is 295 Å². The van der Waals surface area contributed by atoms with Crippen molar-refractivity contribution in [1.82, 2.24) is 0 Å². The smallest absolute Gasteiger partial charge is 0.744 e. The molecule has 3 nitrogen and oxygen atoms in total. The van der Waals surface area contributed by atoms with E-state index < -0.39 is 10.1 Å². The van der Waals surface area contributed by atoms with Gasteiger partial charge in [-0.25, -0.2) is 8.42 Å². The Bertz CT molecular complexity index is 1030. The first kappa shape index (κ1) is 58.1. The molecule has 0 saturated heterocycles. The third-order valence-corrected chi connectivity index (χ3v) is 13.6. The Morgan fingerprint density at radius 1 is 0.310 bits per heavy atom. The Balaban J connectivity index is 0.0000325. The molecule has 1 aromatic carbocycles. The van der Waals surface area contributed by atoms with Crippen LogP contribution in [0.4, 0.5) is 0 Å². The van der Waals surface area contributed by atoms with Gasteiger partial charge in [0.25, 0.3) is 0 Å². The Labute approximate surface area is 387 Å². The van der Waals surface area contributed by atoms with E-state index >= 15 is 0 Å². The average Bonchev–Trinajstić information content (AvgIpc) is 3.20. The van der Waals surface area contributed by atoms with Crippen LogP contribution in [0.25, 0.3) is 0 Å². The van der Waals surface area contributed by atoms with Crippen molar-refractivity contribution < 1.29 is 42.5 Å². The third-order valence-electron chi connectivity index (χ3n) is 12.8. The molecule has 0 heterocycles. The van der Waals surface area contributed by atoms with Crippen molar-refractivity contribution in [1.29, 1.82) is 0 Å². The van der Waals surface area contributed by atoms with E-state index in [4.69, 9.17) is 0 Å². The quantitative estimate of drug-likeness (QED) is 0.0373. The summed E-state index contributed by atoms with van der Waals surface area (Å²) >= 11 is 0. The van der Waals surface area contributed by atoms with Crippen LogP contribution < -0.4 is 29.6 Å². The van der Waals surface area contributed by atoms with Crippen LogP contribution in [0.1, 0.15) is 301 Å². The minimum absolute atomic E-state index is 0. The van der Waals surface area contributed by atoms with Crippen molar-refractivity contribution in [2.24, 2.45) is 0 Å². The maximum Gasteiger partial charge on any atom is 1.00 e. The number of unbranched alkanes of at least 4 members (excludes halogenated alkanes) is 44. The number of rotatable bonds is 47. The first-order chi connectivity index (χ1) is 28.0. The maximum atomic E-state index is 11.0. The van der Waals surface area contributed by atoms with Crippen molar-refractivity contribution in [3.8, 4) is 0 Å². The summed E-state index contributed by atoms with van der Waals surface area (Å²) in [4.78, 5) is -0.131. The van der Waals surface area contributed by atoms with Crippen molar-refractivity contribution >= 4 is 10.1 Å². The van der Waals surface area contributed by atoms with Gasteiger partial charge in [0, 0.05) is 0 Å². The van der Waals surface area contributed by atoms with E-state index in [2.05, 4.69) is 6.92 Å². The van der Waals surface area contributed by atoms with E-state index in [-0.39, 0.29) is 34.5 Å². The van der Waals surface area contributed by atoms with E-state index in [0.29, 0.717) is 0 Å². The van der Waals surface area contributed by atoms with Gasteiger partial charge in [-0.05, 0) is 30.5 Å². The van der Waals surface area contributed by atoms with Gasteiger partial charge in [0.15, 0.2) is 0 Å². The predicted molar refractivity (Wildman–Crippen MR) is 252 cm³/mol. The van der Waals surface area contributed by atoms with E-state index in [1.807, 2.05) is 0 Å². The fraction of sp³-hybridized carbons (Fsp3) is 0.887. The largest absolute Gasteiger partial charge is 1.00 e. The standard InChI is InChI=1S/C53H100O3S.Na/c1-2-3-4-5-6-7-8-9-10-11-12-13-14-15-16-17-18-19-20-21-22-23-24-25-26-27-28-29-30-31-32-33-34-35-36-37-38-39-40-41-42-43-44-45-46-47-52-48-50-53(51-49-52)57(54,55)56;/h48-51H,2-47H2,1H3,(H,54,55,56);/q;+1/p-1. The molecule has 1 aromatic rings. The second kappa shape index (κ2) is 46.6. The van der Waals surface area contributed by atoms with E-state index in [1.54, 1.807) is 12.1 Å². The zero-order valence-corrected chi connectivity index (χ0v) is 42.3. The molecule has 0 atom stereocenters. The molecule has 0 aliphatic rings. The van der Waals surface area contributed by atoms with Crippen LogP contribution >= 0.6 is 0 Å². The topological polar surface area (TPSA) is 57.2 Å². The fourth-order valence-corrected chi connectivity index (χ4v) is 9.30. The molecule has 0 aliphatic heterocycles.